The fourth-order valence-corrected chi connectivity index (χ4v) is 7.25. The number of nitrogens with zero attached hydrogens (tertiary/aromatic N) is 2. The first-order valence-electron chi connectivity index (χ1n) is 12.3. The molecule has 0 bridgehead atoms. The maximum atomic E-state index is 14.7. The molecule has 2 N–H and O–H groups in total. The Balaban J connectivity index is 1.47. The predicted octanol–water partition coefficient (Wildman–Crippen LogP) is 2.76. The van der Waals surface area contributed by atoms with Gasteiger partial charge in [0.1, 0.15) is 10.8 Å². The van der Waals surface area contributed by atoms with Gasteiger partial charge in [-0.1, -0.05) is 36.4 Å². The number of ether oxygens (including phenoxy) is 1. The number of benzene rings is 1. The lowest BCUT2D eigenvalue weighted by Gasteiger charge is -2.29. The molecule has 9 nitrogen and oxygen atoms in total. The van der Waals surface area contributed by atoms with E-state index in [0.717, 1.165) is 24.2 Å². The lowest BCUT2D eigenvalue weighted by molar-refractivity contribution is -0.126. The van der Waals surface area contributed by atoms with Crippen molar-refractivity contribution in [3.05, 3.63) is 71.1 Å². The third-order valence-corrected chi connectivity index (χ3v) is 9.62. The topological polar surface area (TPSA) is 118 Å². The SMILES string of the molecule is O=C(CNC(=O)C(c1nc2ccc(C3=C/C=C\C=C\C=C\3F)cc2s1)S(=O)(=O)N1CCOCC1)NC1CC1. The number of halogens is 1. The summed E-state index contributed by atoms with van der Waals surface area (Å²) in [7, 11) is -4.17. The minimum atomic E-state index is -4.17. The van der Waals surface area contributed by atoms with E-state index in [-0.39, 0.29) is 49.8 Å². The minimum absolute atomic E-state index is 0.0780. The fourth-order valence-electron chi connectivity index (χ4n) is 4.14. The lowest BCUT2D eigenvalue weighted by atomic mass is 10.0. The largest absolute Gasteiger partial charge is 0.379 e. The Labute approximate surface area is 223 Å². The van der Waals surface area contributed by atoms with E-state index in [1.807, 2.05) is 0 Å². The number of nitrogens with one attached hydrogen (secondary N) is 2. The molecule has 0 radical (unpaired) electrons. The molecule has 2 aromatic rings. The number of fused-ring (bicyclic) bond motifs is 1. The number of carbonyl (C=O) groups is 2. The molecule has 2 amide bonds. The highest BCUT2D eigenvalue weighted by Gasteiger charge is 2.42. The van der Waals surface area contributed by atoms with Crippen molar-refractivity contribution in [1.82, 2.24) is 19.9 Å². The normalized spacial score (nSPS) is 23.7. The van der Waals surface area contributed by atoms with Gasteiger partial charge >= 0.3 is 0 Å². The van der Waals surface area contributed by atoms with Crippen molar-refractivity contribution >= 4 is 49.0 Å². The molecule has 2 fully saturated rings. The highest BCUT2D eigenvalue weighted by Crippen LogP contribution is 2.35. The Hall–Kier alpha value is -3.19. The van der Waals surface area contributed by atoms with Crippen LogP contribution in [0.5, 0.6) is 0 Å². The van der Waals surface area contributed by atoms with Gasteiger partial charge in [-0.3, -0.25) is 9.59 Å². The molecule has 2 aliphatic carbocycles. The number of thiazole rings is 1. The zero-order valence-corrected chi connectivity index (χ0v) is 22.1. The average molecular weight is 559 g/mol. The lowest BCUT2D eigenvalue weighted by Crippen LogP contribution is -2.47. The Bertz CT molecular complexity index is 1470. The van der Waals surface area contributed by atoms with Crippen LogP contribution in [0.2, 0.25) is 0 Å². The highest BCUT2D eigenvalue weighted by molar-refractivity contribution is 7.90. The summed E-state index contributed by atoms with van der Waals surface area (Å²) < 4.78 is 49.2. The molecular formula is C26H27FN4O5S2. The van der Waals surface area contributed by atoms with Crippen LogP contribution in [-0.2, 0) is 24.3 Å². The van der Waals surface area contributed by atoms with Gasteiger partial charge in [0, 0.05) is 24.7 Å². The van der Waals surface area contributed by atoms with Gasteiger partial charge in [-0.15, -0.1) is 11.3 Å². The molecule has 0 spiro atoms. The summed E-state index contributed by atoms with van der Waals surface area (Å²) in [6.07, 6.45) is 11.7. The molecule has 1 aliphatic heterocycles. The quantitative estimate of drug-likeness (QED) is 0.515. The summed E-state index contributed by atoms with van der Waals surface area (Å²) >= 11 is 1.06. The Morgan fingerprint density at radius 3 is 2.61 bits per heavy atom. The first-order chi connectivity index (χ1) is 18.3. The third kappa shape index (κ3) is 5.93. The summed E-state index contributed by atoms with van der Waals surface area (Å²) in [4.78, 5) is 29.9. The second-order valence-corrected chi connectivity index (χ2v) is 12.2. The fraction of sp³-hybridized carbons (Fsp3) is 0.346. The zero-order valence-electron chi connectivity index (χ0n) is 20.4. The highest BCUT2D eigenvalue weighted by atomic mass is 32.2. The van der Waals surface area contributed by atoms with Gasteiger partial charge < -0.3 is 15.4 Å². The van der Waals surface area contributed by atoms with E-state index < -0.39 is 27.0 Å². The van der Waals surface area contributed by atoms with E-state index in [2.05, 4.69) is 15.6 Å². The van der Waals surface area contributed by atoms with Crippen LogP contribution in [0.25, 0.3) is 15.8 Å². The van der Waals surface area contributed by atoms with Crippen LogP contribution in [0.4, 0.5) is 4.39 Å². The molecule has 3 aliphatic rings. The smallest absolute Gasteiger partial charge is 0.247 e. The standard InChI is InChI=1S/C26H27FN4O5S2/c27-20-6-4-2-1-3-5-19(20)17-7-10-21-22(15-17)37-26(30-21)24(38(34,35)31-11-13-36-14-12-31)25(33)28-16-23(32)29-18-8-9-18/h1-7,10,15,18,24H,8-9,11-14,16H2,(H,28,33)(H,29,32)/b2-1?,3-1-,4-2+,5-3?,6-4?,19-5-,20-6-,20-19?. The first kappa shape index (κ1) is 26.4. The summed E-state index contributed by atoms with van der Waals surface area (Å²) in [5.41, 5.74) is 1.45. The molecule has 1 atom stereocenters. The number of allylic oxidation sites excluding steroid dienone is 8. The molecule has 38 heavy (non-hydrogen) atoms. The van der Waals surface area contributed by atoms with Crippen LogP contribution >= 0.6 is 11.3 Å². The third-order valence-electron chi connectivity index (χ3n) is 6.27. The van der Waals surface area contributed by atoms with Crippen LogP contribution < -0.4 is 10.6 Å². The van der Waals surface area contributed by atoms with Gasteiger partial charge in [-0.25, -0.2) is 17.8 Å². The molecule has 1 unspecified atom stereocenters. The predicted molar refractivity (Wildman–Crippen MR) is 143 cm³/mol. The zero-order chi connectivity index (χ0) is 26.7. The number of amides is 2. The van der Waals surface area contributed by atoms with Crippen molar-refractivity contribution in [2.24, 2.45) is 0 Å². The Morgan fingerprint density at radius 2 is 1.87 bits per heavy atom. The van der Waals surface area contributed by atoms with Gasteiger partial charge in [0.15, 0.2) is 0 Å². The van der Waals surface area contributed by atoms with E-state index in [1.54, 1.807) is 48.6 Å². The summed E-state index contributed by atoms with van der Waals surface area (Å²) in [6, 6.07) is 5.23. The second-order valence-electron chi connectivity index (χ2n) is 9.10. The molecule has 200 valence electrons. The van der Waals surface area contributed by atoms with Gasteiger partial charge in [0.25, 0.3) is 0 Å². The molecule has 1 aromatic carbocycles. The number of hydrogen-bond donors (Lipinski definition) is 2. The number of rotatable bonds is 8. The van der Waals surface area contributed by atoms with Crippen molar-refractivity contribution in [3.8, 4) is 0 Å². The Morgan fingerprint density at radius 1 is 1.13 bits per heavy atom. The van der Waals surface area contributed by atoms with Crippen molar-refractivity contribution in [2.75, 3.05) is 32.8 Å². The van der Waals surface area contributed by atoms with Crippen molar-refractivity contribution in [2.45, 2.75) is 24.1 Å². The van der Waals surface area contributed by atoms with Crippen LogP contribution in [0, 0.1) is 0 Å². The van der Waals surface area contributed by atoms with Crippen LogP contribution in [0.1, 0.15) is 28.7 Å². The molecule has 2 heterocycles. The van der Waals surface area contributed by atoms with Crippen molar-refractivity contribution < 1.29 is 27.1 Å². The van der Waals surface area contributed by atoms with Crippen molar-refractivity contribution in [3.63, 3.8) is 0 Å². The average Bonchev–Trinajstić information content (AvgIpc) is 3.61. The van der Waals surface area contributed by atoms with Gasteiger partial charge in [0.2, 0.25) is 27.1 Å². The monoisotopic (exact) mass is 558 g/mol. The summed E-state index contributed by atoms with van der Waals surface area (Å²) in [5, 5.41) is 3.69. The maximum Gasteiger partial charge on any atom is 0.247 e. The number of morpholine rings is 1. The van der Waals surface area contributed by atoms with Gasteiger partial charge in [-0.2, -0.15) is 4.31 Å². The number of sulfonamides is 1. The number of aromatic nitrogens is 1. The molecule has 5 rings (SSSR count). The molecular weight excluding hydrogens is 531 g/mol. The van der Waals surface area contributed by atoms with E-state index in [1.165, 1.54) is 10.4 Å². The van der Waals surface area contributed by atoms with Crippen LogP contribution in [-0.4, -0.2) is 68.4 Å². The summed E-state index contributed by atoms with van der Waals surface area (Å²) in [6.45, 7) is 0.341. The van der Waals surface area contributed by atoms with E-state index in [0.29, 0.717) is 21.4 Å². The number of carbonyl (C=O) groups excluding carboxylic acids is 2. The second kappa shape index (κ2) is 11.3. The number of hydrogen-bond acceptors (Lipinski definition) is 7. The van der Waals surface area contributed by atoms with Gasteiger partial charge in [0.05, 0.1) is 30.0 Å². The van der Waals surface area contributed by atoms with Crippen LogP contribution in [0.15, 0.2) is 60.5 Å². The first-order valence-corrected chi connectivity index (χ1v) is 14.6. The molecule has 1 saturated carbocycles. The van der Waals surface area contributed by atoms with Crippen molar-refractivity contribution in [1.29, 1.82) is 0 Å². The Kier molecular flexibility index (Phi) is 7.84. The van der Waals surface area contributed by atoms with E-state index in [9.17, 15) is 22.4 Å². The van der Waals surface area contributed by atoms with E-state index in [4.69, 9.17) is 4.74 Å². The van der Waals surface area contributed by atoms with Crippen LogP contribution in [0.3, 0.4) is 0 Å². The van der Waals surface area contributed by atoms with Gasteiger partial charge in [-0.05, 0) is 36.6 Å². The van der Waals surface area contributed by atoms with E-state index >= 15 is 0 Å². The summed E-state index contributed by atoms with van der Waals surface area (Å²) in [5.74, 6) is -1.61. The molecule has 1 saturated heterocycles. The molecule has 12 heteroatoms. The maximum absolute atomic E-state index is 14.7. The minimum Gasteiger partial charge on any atom is -0.379 e. The molecule has 1 aromatic heterocycles.